The number of nitrogens with one attached hydrogen (secondary N) is 1. The van der Waals surface area contributed by atoms with E-state index in [9.17, 15) is 4.79 Å². The maximum Gasteiger partial charge on any atom is 0.163 e. The number of Topliss-reactive ketones (excluding diaryl/α,β-unsaturated/α-hetero) is 1. The van der Waals surface area contributed by atoms with Crippen LogP contribution in [0, 0.1) is 0 Å². The molecule has 0 saturated heterocycles. The minimum absolute atomic E-state index is 0.0216. The summed E-state index contributed by atoms with van der Waals surface area (Å²) < 4.78 is 11.2. The summed E-state index contributed by atoms with van der Waals surface area (Å²) in [7, 11) is 1.67. The van der Waals surface area contributed by atoms with Crippen molar-refractivity contribution >= 4 is 17.2 Å². The van der Waals surface area contributed by atoms with E-state index in [0.29, 0.717) is 6.42 Å². The quantitative estimate of drug-likeness (QED) is 0.318. The van der Waals surface area contributed by atoms with Crippen LogP contribution in [0.4, 0.5) is 11.4 Å². The van der Waals surface area contributed by atoms with E-state index in [1.807, 2.05) is 36.4 Å². The highest BCUT2D eigenvalue weighted by Gasteiger charge is 2.39. The minimum atomic E-state index is -0.217. The maximum absolute atomic E-state index is 14.0. The Morgan fingerprint density at radius 3 is 2.46 bits per heavy atom. The lowest BCUT2D eigenvalue weighted by Crippen LogP contribution is -2.35. The van der Waals surface area contributed by atoms with E-state index in [1.165, 1.54) is 5.56 Å². The summed E-state index contributed by atoms with van der Waals surface area (Å²) in [6, 6.07) is 30.7. The van der Waals surface area contributed by atoms with Crippen molar-refractivity contribution in [1.29, 1.82) is 0 Å². The van der Waals surface area contributed by atoms with E-state index in [4.69, 9.17) is 9.15 Å². The van der Waals surface area contributed by atoms with Crippen LogP contribution in [0.2, 0.25) is 0 Å². The Morgan fingerprint density at radius 1 is 0.919 bits per heavy atom. The SMILES string of the molecule is COc1ccc([C@H]2C3=C(C[C@H](c4ccco4)CC3=O)Nc3ccccc3N2CCc2ccccc2)cc1. The van der Waals surface area contributed by atoms with E-state index in [1.54, 1.807) is 13.4 Å². The van der Waals surface area contributed by atoms with Crippen molar-refractivity contribution < 1.29 is 13.9 Å². The Kier molecular flexibility index (Phi) is 6.27. The molecule has 6 rings (SSSR count). The first-order valence-corrected chi connectivity index (χ1v) is 12.8. The molecule has 186 valence electrons. The fraction of sp³-hybridized carbons (Fsp3) is 0.219. The molecule has 1 aliphatic heterocycles. The van der Waals surface area contributed by atoms with Crippen LogP contribution in [0.3, 0.4) is 0 Å². The Labute approximate surface area is 217 Å². The number of hydrogen-bond donors (Lipinski definition) is 1. The number of carbonyl (C=O) groups is 1. The third kappa shape index (κ3) is 4.53. The molecule has 4 aromatic rings. The minimum Gasteiger partial charge on any atom is -0.497 e. The van der Waals surface area contributed by atoms with Gasteiger partial charge in [-0.3, -0.25) is 4.79 Å². The van der Waals surface area contributed by atoms with Crippen LogP contribution in [0.15, 0.2) is 113 Å². The Balaban J connectivity index is 1.48. The van der Waals surface area contributed by atoms with Gasteiger partial charge in [0.05, 0.1) is 30.8 Å². The number of nitrogens with zero attached hydrogens (tertiary/aromatic N) is 1. The average Bonchev–Trinajstić information content (AvgIpc) is 3.44. The zero-order valence-electron chi connectivity index (χ0n) is 20.9. The van der Waals surface area contributed by atoms with Gasteiger partial charge in [-0.2, -0.15) is 0 Å². The molecule has 0 amide bonds. The molecule has 37 heavy (non-hydrogen) atoms. The molecule has 0 fully saturated rings. The number of fused-ring (bicyclic) bond motifs is 1. The van der Waals surface area contributed by atoms with E-state index in [2.05, 4.69) is 64.8 Å². The molecule has 5 nitrogen and oxygen atoms in total. The zero-order valence-corrected chi connectivity index (χ0v) is 20.9. The summed E-state index contributed by atoms with van der Waals surface area (Å²) in [5.74, 6) is 1.84. The topological polar surface area (TPSA) is 54.7 Å². The number of hydrogen-bond acceptors (Lipinski definition) is 5. The number of anilines is 2. The normalized spacial score (nSPS) is 19.1. The van der Waals surface area contributed by atoms with Gasteiger partial charge >= 0.3 is 0 Å². The van der Waals surface area contributed by atoms with Crippen LogP contribution in [-0.4, -0.2) is 19.4 Å². The second-order valence-corrected chi connectivity index (χ2v) is 9.68. The number of methoxy groups -OCH3 is 1. The second kappa shape index (κ2) is 10.0. The summed E-state index contributed by atoms with van der Waals surface area (Å²) in [5, 5.41) is 3.68. The van der Waals surface area contributed by atoms with Gasteiger partial charge in [-0.1, -0.05) is 54.6 Å². The molecule has 0 bridgehead atoms. The van der Waals surface area contributed by atoms with Gasteiger partial charge in [-0.15, -0.1) is 0 Å². The van der Waals surface area contributed by atoms with Crippen molar-refractivity contribution in [1.82, 2.24) is 0 Å². The third-order valence-electron chi connectivity index (χ3n) is 7.45. The van der Waals surface area contributed by atoms with Gasteiger partial charge in [0.1, 0.15) is 11.5 Å². The maximum atomic E-state index is 14.0. The van der Waals surface area contributed by atoms with Gasteiger partial charge < -0.3 is 19.4 Å². The van der Waals surface area contributed by atoms with Crippen molar-refractivity contribution in [2.24, 2.45) is 0 Å². The predicted molar refractivity (Wildman–Crippen MR) is 146 cm³/mol. The third-order valence-corrected chi connectivity index (χ3v) is 7.45. The van der Waals surface area contributed by atoms with Gasteiger partial charge in [0, 0.05) is 30.2 Å². The Bertz CT molecular complexity index is 1410. The molecule has 0 spiro atoms. The highest BCUT2D eigenvalue weighted by atomic mass is 16.5. The monoisotopic (exact) mass is 490 g/mol. The van der Waals surface area contributed by atoms with Crippen LogP contribution in [0.5, 0.6) is 5.75 Å². The largest absolute Gasteiger partial charge is 0.497 e. The lowest BCUT2D eigenvalue weighted by molar-refractivity contribution is -0.116. The van der Waals surface area contributed by atoms with Gasteiger partial charge in [0.15, 0.2) is 5.78 Å². The molecule has 0 unspecified atom stereocenters. The number of benzene rings is 3. The highest BCUT2D eigenvalue weighted by molar-refractivity contribution is 6.01. The molecule has 5 heteroatoms. The zero-order chi connectivity index (χ0) is 25.2. The number of rotatable bonds is 6. The van der Waals surface area contributed by atoms with Crippen LogP contribution in [0.25, 0.3) is 0 Å². The summed E-state index contributed by atoms with van der Waals surface area (Å²) in [4.78, 5) is 16.4. The molecule has 3 aromatic carbocycles. The van der Waals surface area contributed by atoms with Crippen LogP contribution in [-0.2, 0) is 11.2 Å². The molecule has 1 aromatic heterocycles. The predicted octanol–water partition coefficient (Wildman–Crippen LogP) is 6.90. The fourth-order valence-electron chi connectivity index (χ4n) is 5.66. The molecule has 2 heterocycles. The molecule has 0 saturated carbocycles. The van der Waals surface area contributed by atoms with Crippen LogP contribution in [0.1, 0.15) is 41.7 Å². The van der Waals surface area contributed by atoms with Gasteiger partial charge in [-0.25, -0.2) is 0 Å². The molecule has 1 N–H and O–H groups in total. The van der Waals surface area contributed by atoms with Crippen molar-refractivity contribution in [2.45, 2.75) is 31.2 Å². The first-order chi connectivity index (χ1) is 18.2. The Hall–Kier alpha value is -4.25. The van der Waals surface area contributed by atoms with Gasteiger partial charge in [0.25, 0.3) is 0 Å². The summed E-state index contributed by atoms with van der Waals surface area (Å²) >= 11 is 0. The van der Waals surface area contributed by atoms with Crippen molar-refractivity contribution in [3.8, 4) is 5.75 Å². The second-order valence-electron chi connectivity index (χ2n) is 9.68. The lowest BCUT2D eigenvalue weighted by Gasteiger charge is -2.36. The number of para-hydroxylation sites is 2. The summed E-state index contributed by atoms with van der Waals surface area (Å²) in [5.41, 5.74) is 6.28. The van der Waals surface area contributed by atoms with E-state index in [-0.39, 0.29) is 17.7 Å². The van der Waals surface area contributed by atoms with E-state index < -0.39 is 0 Å². The van der Waals surface area contributed by atoms with Crippen molar-refractivity contribution in [3.05, 3.63) is 125 Å². The van der Waals surface area contributed by atoms with Crippen molar-refractivity contribution in [2.75, 3.05) is 23.9 Å². The standard InChI is InChI=1S/C32H30N2O3/c1-36-25-15-13-23(14-16-25)32-31-27(20-24(21-29(31)35)30-12-7-19-37-30)33-26-10-5-6-11-28(26)34(32)18-17-22-8-3-2-4-9-22/h2-16,19,24,32-33H,17-18,20-21H2,1H3/t24-,32-/m0/s1. The first kappa shape index (κ1) is 23.2. The smallest absolute Gasteiger partial charge is 0.163 e. The number of carbonyl (C=O) groups excluding carboxylic acids is 1. The van der Waals surface area contributed by atoms with E-state index >= 15 is 0 Å². The molecular weight excluding hydrogens is 460 g/mol. The van der Waals surface area contributed by atoms with Crippen LogP contribution >= 0.6 is 0 Å². The summed E-state index contributed by atoms with van der Waals surface area (Å²) in [6.07, 6.45) is 3.71. The fourth-order valence-corrected chi connectivity index (χ4v) is 5.66. The highest BCUT2D eigenvalue weighted by Crippen LogP contribution is 2.47. The van der Waals surface area contributed by atoms with E-state index in [0.717, 1.165) is 59.1 Å². The first-order valence-electron chi connectivity index (χ1n) is 12.8. The number of allylic oxidation sites excluding steroid dienone is 1. The molecular formula is C32H30N2O3. The average molecular weight is 491 g/mol. The molecule has 2 atom stereocenters. The van der Waals surface area contributed by atoms with Gasteiger partial charge in [-0.05, 0) is 60.4 Å². The number of ether oxygens (including phenoxy) is 1. The van der Waals surface area contributed by atoms with Crippen molar-refractivity contribution in [3.63, 3.8) is 0 Å². The number of furan rings is 1. The van der Waals surface area contributed by atoms with Crippen LogP contribution < -0.4 is 15.0 Å². The lowest BCUT2D eigenvalue weighted by atomic mass is 9.80. The summed E-state index contributed by atoms with van der Waals surface area (Å²) in [6.45, 7) is 0.769. The van der Waals surface area contributed by atoms with Gasteiger partial charge in [0.2, 0.25) is 0 Å². The number of ketones is 1. The molecule has 2 aliphatic rings. The molecule has 0 radical (unpaired) electrons. The Morgan fingerprint density at radius 2 is 1.70 bits per heavy atom. The molecule has 1 aliphatic carbocycles.